The maximum absolute atomic E-state index is 12.0. The molecule has 23 heavy (non-hydrogen) atoms. The largest absolute Gasteiger partial charge is 0.350 e. The number of carbonyl (C=O) groups excluding carboxylic acids is 2. The second-order valence-electron chi connectivity index (χ2n) is 4.84. The predicted octanol–water partition coefficient (Wildman–Crippen LogP) is 0.560. The first-order chi connectivity index (χ1) is 11.0. The summed E-state index contributed by atoms with van der Waals surface area (Å²) in [7, 11) is 1.65. The van der Waals surface area contributed by atoms with Gasteiger partial charge in [0, 0.05) is 24.8 Å². The third kappa shape index (κ3) is 4.22. The average Bonchev–Trinajstić information content (AvgIpc) is 2.98. The second kappa shape index (κ2) is 7.30. The molecule has 0 fully saturated rings. The number of amides is 2. The molecule has 1 heterocycles. The Hall–Kier alpha value is -3.03. The van der Waals surface area contributed by atoms with Gasteiger partial charge in [0.1, 0.15) is 0 Å². The number of rotatable bonds is 6. The lowest BCUT2D eigenvalue weighted by molar-refractivity contribution is -0.113. The van der Waals surface area contributed by atoms with Crippen LogP contribution in [-0.4, -0.2) is 45.6 Å². The summed E-state index contributed by atoms with van der Waals surface area (Å²) in [5.41, 5.74) is 1.20. The van der Waals surface area contributed by atoms with Crippen LogP contribution in [0.1, 0.15) is 16.2 Å². The van der Waals surface area contributed by atoms with Crippen molar-refractivity contribution in [2.45, 2.75) is 13.5 Å². The molecule has 1 N–H and O–H groups in total. The lowest BCUT2D eigenvalue weighted by atomic mass is 10.2. The molecule has 0 aliphatic rings. The SMILES string of the molecule is C=CC(=O)N(C)c1ccc(C(=O)NCCn2nnc(C)n2)cc1. The number of aromatic nitrogens is 4. The smallest absolute Gasteiger partial charge is 0.251 e. The average molecular weight is 314 g/mol. The Morgan fingerprint density at radius 2 is 2.04 bits per heavy atom. The number of carbonyl (C=O) groups is 2. The van der Waals surface area contributed by atoms with E-state index >= 15 is 0 Å². The summed E-state index contributed by atoms with van der Waals surface area (Å²) in [6.07, 6.45) is 1.24. The molecular weight excluding hydrogens is 296 g/mol. The number of tetrazole rings is 1. The van der Waals surface area contributed by atoms with E-state index in [1.807, 2.05) is 0 Å². The number of nitrogens with zero attached hydrogens (tertiary/aromatic N) is 5. The number of hydrogen-bond acceptors (Lipinski definition) is 5. The highest BCUT2D eigenvalue weighted by Gasteiger charge is 2.09. The highest BCUT2D eigenvalue weighted by molar-refractivity contribution is 6.01. The van der Waals surface area contributed by atoms with Crippen molar-refractivity contribution in [2.24, 2.45) is 0 Å². The summed E-state index contributed by atoms with van der Waals surface area (Å²) in [6.45, 7) is 6.03. The van der Waals surface area contributed by atoms with E-state index in [1.54, 1.807) is 38.2 Å². The summed E-state index contributed by atoms with van der Waals surface area (Å²) in [5, 5.41) is 14.4. The van der Waals surface area contributed by atoms with E-state index in [0.717, 1.165) is 0 Å². The van der Waals surface area contributed by atoms with E-state index in [-0.39, 0.29) is 11.8 Å². The number of aryl methyl sites for hydroxylation is 1. The normalized spacial score (nSPS) is 10.2. The van der Waals surface area contributed by atoms with Gasteiger partial charge in [-0.2, -0.15) is 4.80 Å². The number of anilines is 1. The van der Waals surface area contributed by atoms with E-state index in [2.05, 4.69) is 27.3 Å². The van der Waals surface area contributed by atoms with E-state index in [9.17, 15) is 9.59 Å². The van der Waals surface area contributed by atoms with Gasteiger partial charge in [0.15, 0.2) is 5.82 Å². The van der Waals surface area contributed by atoms with Gasteiger partial charge in [-0.05, 0) is 42.5 Å². The zero-order valence-electron chi connectivity index (χ0n) is 13.1. The monoisotopic (exact) mass is 314 g/mol. The van der Waals surface area contributed by atoms with Gasteiger partial charge in [-0.3, -0.25) is 9.59 Å². The van der Waals surface area contributed by atoms with Crippen LogP contribution in [0.2, 0.25) is 0 Å². The molecule has 0 atom stereocenters. The Morgan fingerprint density at radius 1 is 1.35 bits per heavy atom. The van der Waals surface area contributed by atoms with Crippen molar-refractivity contribution in [3.63, 3.8) is 0 Å². The molecule has 0 saturated heterocycles. The highest BCUT2D eigenvalue weighted by atomic mass is 16.2. The third-order valence-corrected chi connectivity index (χ3v) is 3.17. The highest BCUT2D eigenvalue weighted by Crippen LogP contribution is 2.14. The Balaban J connectivity index is 1.89. The minimum absolute atomic E-state index is 0.203. The van der Waals surface area contributed by atoms with Gasteiger partial charge in [-0.25, -0.2) is 0 Å². The number of hydrogen-bond donors (Lipinski definition) is 1. The van der Waals surface area contributed by atoms with E-state index in [0.29, 0.717) is 30.2 Å². The molecule has 8 heteroatoms. The van der Waals surface area contributed by atoms with E-state index < -0.39 is 0 Å². The Kier molecular flexibility index (Phi) is 5.19. The zero-order chi connectivity index (χ0) is 16.8. The maximum atomic E-state index is 12.0. The summed E-state index contributed by atoms with van der Waals surface area (Å²) >= 11 is 0. The van der Waals surface area contributed by atoms with Crippen molar-refractivity contribution in [3.8, 4) is 0 Å². The standard InChI is InChI=1S/C15H18N6O2/c1-4-14(22)20(3)13-7-5-12(6-8-13)15(23)16-9-10-21-18-11(2)17-19-21/h4-8H,1,9-10H2,2-3H3,(H,16,23). The molecule has 0 radical (unpaired) electrons. The molecule has 0 aliphatic carbocycles. The topological polar surface area (TPSA) is 93.0 Å². The summed E-state index contributed by atoms with van der Waals surface area (Å²) in [6, 6.07) is 6.74. The molecule has 0 spiro atoms. The van der Waals surface area contributed by atoms with Gasteiger partial charge >= 0.3 is 0 Å². The van der Waals surface area contributed by atoms with Gasteiger partial charge in [0.2, 0.25) is 5.91 Å². The van der Waals surface area contributed by atoms with E-state index in [4.69, 9.17) is 0 Å². The second-order valence-corrected chi connectivity index (χ2v) is 4.84. The first-order valence-electron chi connectivity index (χ1n) is 7.04. The fraction of sp³-hybridized carbons (Fsp3) is 0.267. The Labute approximate surface area is 133 Å². The molecule has 2 amide bonds. The summed E-state index contributed by atoms with van der Waals surface area (Å²) in [5.74, 6) is 0.175. The van der Waals surface area contributed by atoms with Crippen molar-refractivity contribution in [1.82, 2.24) is 25.5 Å². The molecule has 120 valence electrons. The zero-order valence-corrected chi connectivity index (χ0v) is 13.1. The van der Waals surface area contributed by atoms with Gasteiger partial charge in [-0.1, -0.05) is 6.58 Å². The maximum Gasteiger partial charge on any atom is 0.251 e. The van der Waals surface area contributed by atoms with Crippen LogP contribution in [0.15, 0.2) is 36.9 Å². The van der Waals surface area contributed by atoms with Crippen molar-refractivity contribution < 1.29 is 9.59 Å². The van der Waals surface area contributed by atoms with Gasteiger partial charge in [0.05, 0.1) is 6.54 Å². The van der Waals surface area contributed by atoms with Crippen LogP contribution in [0.5, 0.6) is 0 Å². The van der Waals surface area contributed by atoms with Crippen LogP contribution in [-0.2, 0) is 11.3 Å². The van der Waals surface area contributed by atoms with Crippen LogP contribution in [0.3, 0.4) is 0 Å². The predicted molar refractivity (Wildman–Crippen MR) is 84.9 cm³/mol. The number of benzene rings is 1. The quantitative estimate of drug-likeness (QED) is 0.786. The van der Waals surface area contributed by atoms with Crippen molar-refractivity contribution in [2.75, 3.05) is 18.5 Å². The molecule has 8 nitrogen and oxygen atoms in total. The molecule has 0 bridgehead atoms. The minimum Gasteiger partial charge on any atom is -0.350 e. The van der Waals surface area contributed by atoms with Gasteiger partial charge in [0.25, 0.3) is 5.91 Å². The first-order valence-corrected chi connectivity index (χ1v) is 7.04. The van der Waals surface area contributed by atoms with Crippen molar-refractivity contribution >= 4 is 17.5 Å². The Morgan fingerprint density at radius 3 is 2.61 bits per heavy atom. The lowest BCUT2D eigenvalue weighted by Crippen LogP contribution is -2.28. The van der Waals surface area contributed by atoms with Gasteiger partial charge < -0.3 is 10.2 Å². The molecule has 1 aromatic carbocycles. The molecule has 0 aliphatic heterocycles. The lowest BCUT2D eigenvalue weighted by Gasteiger charge is -2.15. The fourth-order valence-electron chi connectivity index (χ4n) is 1.89. The van der Waals surface area contributed by atoms with Crippen molar-refractivity contribution in [3.05, 3.63) is 48.3 Å². The van der Waals surface area contributed by atoms with Crippen molar-refractivity contribution in [1.29, 1.82) is 0 Å². The molecule has 1 aromatic heterocycles. The first kappa shape index (κ1) is 16.3. The minimum atomic E-state index is -0.210. The molecular formula is C15H18N6O2. The van der Waals surface area contributed by atoms with Gasteiger partial charge in [-0.15, -0.1) is 10.2 Å². The molecule has 0 unspecified atom stereocenters. The fourth-order valence-corrected chi connectivity index (χ4v) is 1.89. The van der Waals surface area contributed by atoms with Crippen LogP contribution in [0.25, 0.3) is 0 Å². The number of nitrogens with one attached hydrogen (secondary N) is 1. The van der Waals surface area contributed by atoms with Crippen LogP contribution in [0, 0.1) is 6.92 Å². The number of likely N-dealkylation sites (N-methyl/N-ethyl adjacent to an activating group) is 1. The van der Waals surface area contributed by atoms with Crippen LogP contribution in [0.4, 0.5) is 5.69 Å². The van der Waals surface area contributed by atoms with E-state index in [1.165, 1.54) is 15.8 Å². The third-order valence-electron chi connectivity index (χ3n) is 3.17. The molecule has 0 saturated carbocycles. The summed E-state index contributed by atoms with van der Waals surface area (Å²) in [4.78, 5) is 26.4. The molecule has 2 rings (SSSR count). The molecule has 2 aromatic rings. The van der Waals surface area contributed by atoms with Crippen LogP contribution >= 0.6 is 0 Å². The van der Waals surface area contributed by atoms with Crippen LogP contribution < -0.4 is 10.2 Å². The summed E-state index contributed by atoms with van der Waals surface area (Å²) < 4.78 is 0. The Bertz CT molecular complexity index is 707.